The second kappa shape index (κ2) is 5.32. The Hall–Kier alpha value is -2.06. The zero-order valence-corrected chi connectivity index (χ0v) is 10.0. The number of aromatic nitrogens is 1. The number of hydrogen-bond donors (Lipinski definition) is 1. The molecule has 2 aromatic rings. The third-order valence-electron chi connectivity index (χ3n) is 2.24. The van der Waals surface area contributed by atoms with Crippen molar-refractivity contribution in [2.45, 2.75) is 0 Å². The number of rotatable bonds is 1. The Bertz CT molecular complexity index is 595. The third kappa shape index (κ3) is 2.55. The number of nitriles is 1. The van der Waals surface area contributed by atoms with E-state index in [1.165, 1.54) is 11.8 Å². The van der Waals surface area contributed by atoms with Gasteiger partial charge in [0.1, 0.15) is 0 Å². The van der Waals surface area contributed by atoms with Gasteiger partial charge in [-0.05, 0) is 18.4 Å². The average molecular weight is 242 g/mol. The molecule has 1 N–H and O–H groups in total. The Morgan fingerprint density at radius 2 is 2.35 bits per heavy atom. The van der Waals surface area contributed by atoms with E-state index in [1.54, 1.807) is 12.4 Å². The Labute approximate surface area is 103 Å². The molecule has 4 nitrogen and oxygen atoms in total. The Balaban J connectivity index is 2.52. The molecular formula is C12H10N4S. The maximum absolute atomic E-state index is 8.59. The van der Waals surface area contributed by atoms with Gasteiger partial charge in [0.15, 0.2) is 11.4 Å². The minimum atomic E-state index is 0.580. The second-order valence-corrected chi connectivity index (χ2v) is 4.03. The van der Waals surface area contributed by atoms with Crippen molar-refractivity contribution in [1.82, 2.24) is 10.3 Å². The van der Waals surface area contributed by atoms with Crippen molar-refractivity contribution >= 4 is 33.4 Å². The normalized spacial score (nSPS) is 11.2. The smallest absolute Gasteiger partial charge is 0.183 e. The molecule has 0 spiro atoms. The van der Waals surface area contributed by atoms with Crippen molar-refractivity contribution < 1.29 is 0 Å². The summed E-state index contributed by atoms with van der Waals surface area (Å²) in [4.78, 5) is 8.48. The van der Waals surface area contributed by atoms with E-state index in [0.29, 0.717) is 5.17 Å². The number of hydrogen-bond acceptors (Lipinski definition) is 4. The Morgan fingerprint density at radius 3 is 3.12 bits per heavy atom. The second-order valence-electron chi connectivity index (χ2n) is 3.23. The average Bonchev–Trinajstić information content (AvgIpc) is 2.38. The van der Waals surface area contributed by atoms with Crippen molar-refractivity contribution in [3.05, 3.63) is 36.7 Å². The first-order valence-electron chi connectivity index (χ1n) is 4.95. The molecule has 0 aliphatic heterocycles. The fourth-order valence-corrected chi connectivity index (χ4v) is 1.82. The number of nitrogens with zero attached hydrogens (tertiary/aromatic N) is 3. The molecule has 1 heterocycles. The highest BCUT2D eigenvalue weighted by Gasteiger charge is 2.01. The van der Waals surface area contributed by atoms with Crippen molar-refractivity contribution in [3.63, 3.8) is 0 Å². The van der Waals surface area contributed by atoms with Gasteiger partial charge in [0.2, 0.25) is 0 Å². The zero-order valence-electron chi connectivity index (χ0n) is 9.21. The lowest BCUT2D eigenvalue weighted by Gasteiger charge is -2.03. The van der Waals surface area contributed by atoms with E-state index in [0.717, 1.165) is 16.5 Å². The van der Waals surface area contributed by atoms with Gasteiger partial charge in [-0.2, -0.15) is 5.26 Å². The highest BCUT2D eigenvalue weighted by atomic mass is 32.2. The van der Waals surface area contributed by atoms with Gasteiger partial charge in [-0.3, -0.25) is 10.3 Å². The highest BCUT2D eigenvalue weighted by Crippen LogP contribution is 2.25. The SMILES string of the molecule is CSC(=Nc1cccc2cnccc12)NC#N. The quantitative estimate of drug-likeness (QED) is 0.361. The largest absolute Gasteiger partial charge is 0.271 e. The summed E-state index contributed by atoms with van der Waals surface area (Å²) in [5, 5.41) is 13.8. The summed E-state index contributed by atoms with van der Waals surface area (Å²) in [5.41, 5.74) is 0.831. The van der Waals surface area contributed by atoms with E-state index >= 15 is 0 Å². The summed E-state index contributed by atoms with van der Waals surface area (Å²) < 4.78 is 0. The molecule has 0 atom stereocenters. The summed E-state index contributed by atoms with van der Waals surface area (Å²) in [6, 6.07) is 7.74. The zero-order chi connectivity index (χ0) is 12.1. The molecule has 5 heteroatoms. The molecule has 1 aromatic carbocycles. The van der Waals surface area contributed by atoms with Crippen molar-refractivity contribution in [2.24, 2.45) is 4.99 Å². The molecule has 0 unspecified atom stereocenters. The first-order chi connectivity index (χ1) is 8.35. The minimum absolute atomic E-state index is 0.580. The lowest BCUT2D eigenvalue weighted by atomic mass is 10.1. The first kappa shape index (κ1) is 11.4. The summed E-state index contributed by atoms with van der Waals surface area (Å²) in [6.45, 7) is 0. The van der Waals surface area contributed by atoms with E-state index in [4.69, 9.17) is 5.26 Å². The van der Waals surface area contributed by atoms with E-state index in [-0.39, 0.29) is 0 Å². The molecule has 0 fully saturated rings. The summed E-state index contributed by atoms with van der Waals surface area (Å²) >= 11 is 1.40. The van der Waals surface area contributed by atoms with Crippen LogP contribution in [-0.2, 0) is 0 Å². The monoisotopic (exact) mass is 242 g/mol. The van der Waals surface area contributed by atoms with Crippen LogP contribution >= 0.6 is 11.8 Å². The third-order valence-corrected chi connectivity index (χ3v) is 2.82. The predicted octanol–water partition coefficient (Wildman–Crippen LogP) is 2.66. The van der Waals surface area contributed by atoms with E-state index in [1.807, 2.05) is 36.7 Å². The van der Waals surface area contributed by atoms with Gasteiger partial charge in [0, 0.05) is 23.2 Å². The number of aliphatic imine (C=N–C) groups is 1. The van der Waals surface area contributed by atoms with E-state index < -0.39 is 0 Å². The molecule has 0 amide bonds. The summed E-state index contributed by atoms with van der Waals surface area (Å²) in [7, 11) is 0. The standard InChI is InChI=1S/C12H10N4S/c1-17-12(15-8-13)16-11-4-2-3-9-7-14-6-5-10(9)11/h2-7H,1H3,(H,15,16). The van der Waals surface area contributed by atoms with Crippen LogP contribution in [0.4, 0.5) is 5.69 Å². The van der Waals surface area contributed by atoms with Crippen molar-refractivity contribution in [1.29, 1.82) is 5.26 Å². The predicted molar refractivity (Wildman–Crippen MR) is 71.1 cm³/mol. The molecule has 0 aliphatic rings. The molecule has 0 saturated carbocycles. The number of nitrogens with one attached hydrogen (secondary N) is 1. The molecule has 0 bridgehead atoms. The molecule has 1 aromatic heterocycles. The van der Waals surface area contributed by atoms with Gasteiger partial charge < -0.3 is 0 Å². The Kier molecular flexibility index (Phi) is 3.58. The number of benzene rings is 1. The Morgan fingerprint density at radius 1 is 1.47 bits per heavy atom. The maximum Gasteiger partial charge on any atom is 0.183 e. The molecular weight excluding hydrogens is 232 g/mol. The molecule has 0 saturated heterocycles. The van der Waals surface area contributed by atoms with Gasteiger partial charge in [0.05, 0.1) is 5.69 Å². The van der Waals surface area contributed by atoms with Gasteiger partial charge >= 0.3 is 0 Å². The molecule has 2 rings (SSSR count). The van der Waals surface area contributed by atoms with Crippen LogP contribution in [0.15, 0.2) is 41.7 Å². The van der Waals surface area contributed by atoms with Crippen LogP contribution in [0.1, 0.15) is 0 Å². The van der Waals surface area contributed by atoms with Gasteiger partial charge in [-0.25, -0.2) is 4.99 Å². The van der Waals surface area contributed by atoms with Crippen LogP contribution in [0.25, 0.3) is 10.8 Å². The van der Waals surface area contributed by atoms with E-state index in [2.05, 4.69) is 15.3 Å². The fraction of sp³-hybridized carbons (Fsp3) is 0.0833. The van der Waals surface area contributed by atoms with Crippen LogP contribution in [0.5, 0.6) is 0 Å². The van der Waals surface area contributed by atoms with Crippen molar-refractivity contribution in [3.8, 4) is 6.19 Å². The topological polar surface area (TPSA) is 61.1 Å². The minimum Gasteiger partial charge on any atom is -0.271 e. The number of pyridine rings is 1. The van der Waals surface area contributed by atoms with Crippen LogP contribution in [0, 0.1) is 11.5 Å². The van der Waals surface area contributed by atoms with Crippen LogP contribution in [0.2, 0.25) is 0 Å². The molecule has 84 valence electrons. The van der Waals surface area contributed by atoms with Crippen LogP contribution < -0.4 is 5.32 Å². The summed E-state index contributed by atoms with van der Waals surface area (Å²) in [6.07, 6.45) is 7.27. The van der Waals surface area contributed by atoms with Gasteiger partial charge in [0.25, 0.3) is 0 Å². The van der Waals surface area contributed by atoms with E-state index in [9.17, 15) is 0 Å². The maximum atomic E-state index is 8.59. The number of amidine groups is 1. The lowest BCUT2D eigenvalue weighted by Crippen LogP contribution is -2.12. The molecule has 0 aliphatic carbocycles. The lowest BCUT2D eigenvalue weighted by molar-refractivity contribution is 1.28. The fourth-order valence-electron chi connectivity index (χ4n) is 1.48. The van der Waals surface area contributed by atoms with Crippen molar-refractivity contribution in [2.75, 3.05) is 6.26 Å². The van der Waals surface area contributed by atoms with Crippen LogP contribution in [-0.4, -0.2) is 16.4 Å². The summed E-state index contributed by atoms with van der Waals surface area (Å²) in [5.74, 6) is 0. The molecule has 17 heavy (non-hydrogen) atoms. The highest BCUT2D eigenvalue weighted by molar-refractivity contribution is 8.13. The first-order valence-corrected chi connectivity index (χ1v) is 6.18. The van der Waals surface area contributed by atoms with Gasteiger partial charge in [-0.1, -0.05) is 23.9 Å². The van der Waals surface area contributed by atoms with Gasteiger partial charge in [-0.15, -0.1) is 0 Å². The number of fused-ring (bicyclic) bond motifs is 1. The molecule has 0 radical (unpaired) electrons. The number of thioether (sulfide) groups is 1. The van der Waals surface area contributed by atoms with Crippen LogP contribution in [0.3, 0.4) is 0 Å².